The van der Waals surface area contributed by atoms with Gasteiger partial charge in [-0.1, -0.05) is 19.1 Å². The van der Waals surface area contributed by atoms with Gasteiger partial charge < -0.3 is 15.7 Å². The molecule has 0 aromatic heterocycles. The molecule has 3 nitrogen and oxygen atoms in total. The molecule has 1 aromatic carbocycles. The molecule has 0 aliphatic heterocycles. The minimum Gasteiger partial charge on any atom is -0.390 e. The van der Waals surface area contributed by atoms with Crippen molar-refractivity contribution in [3.63, 3.8) is 0 Å². The van der Waals surface area contributed by atoms with Crippen LogP contribution in [0.1, 0.15) is 25.8 Å². The Balaban J connectivity index is 2.31. The van der Waals surface area contributed by atoms with E-state index in [1.54, 1.807) is 0 Å². The van der Waals surface area contributed by atoms with Gasteiger partial charge in [-0.05, 0) is 50.6 Å². The van der Waals surface area contributed by atoms with Crippen LogP contribution < -0.4 is 5.73 Å². The second-order valence-electron chi connectivity index (χ2n) is 5.05. The number of nitrogens with zero attached hydrogens (tertiary/aromatic N) is 1. The number of aliphatic hydroxyl groups is 1. The van der Waals surface area contributed by atoms with Gasteiger partial charge in [0, 0.05) is 12.6 Å². The van der Waals surface area contributed by atoms with Gasteiger partial charge in [0.15, 0.2) is 0 Å². The highest BCUT2D eigenvalue weighted by atomic mass is 19.1. The zero-order valence-electron chi connectivity index (χ0n) is 11.8. The van der Waals surface area contributed by atoms with E-state index in [1.807, 2.05) is 19.1 Å². The number of hydrogen-bond acceptors (Lipinski definition) is 3. The number of nitrogens with two attached hydrogens (primary N) is 1. The molecule has 4 heteroatoms. The first-order valence-electron chi connectivity index (χ1n) is 6.93. The Hall–Kier alpha value is -0.970. The first kappa shape index (κ1) is 16.1. The normalized spacial score (nSPS) is 14.6. The lowest BCUT2D eigenvalue weighted by Crippen LogP contribution is -2.42. The van der Waals surface area contributed by atoms with Crippen molar-refractivity contribution in [3.05, 3.63) is 35.6 Å². The molecule has 3 N–H and O–H groups in total. The molecule has 0 aliphatic rings. The molecule has 1 aromatic rings. The Morgan fingerprint density at radius 2 is 1.95 bits per heavy atom. The van der Waals surface area contributed by atoms with E-state index in [-0.39, 0.29) is 11.9 Å². The number of rotatable bonds is 8. The molecule has 0 bridgehead atoms. The molecule has 0 spiro atoms. The van der Waals surface area contributed by atoms with Crippen molar-refractivity contribution in [2.24, 2.45) is 5.73 Å². The van der Waals surface area contributed by atoms with Crippen LogP contribution >= 0.6 is 0 Å². The van der Waals surface area contributed by atoms with Crippen LogP contribution in [0.4, 0.5) is 4.39 Å². The van der Waals surface area contributed by atoms with Gasteiger partial charge in [0.25, 0.3) is 0 Å². The third-order valence-electron chi connectivity index (χ3n) is 3.35. The molecular weight excluding hydrogens is 243 g/mol. The highest BCUT2D eigenvalue weighted by molar-refractivity contribution is 5.15. The van der Waals surface area contributed by atoms with Gasteiger partial charge >= 0.3 is 0 Å². The van der Waals surface area contributed by atoms with Crippen LogP contribution in [0.3, 0.4) is 0 Å². The van der Waals surface area contributed by atoms with E-state index in [4.69, 9.17) is 5.73 Å². The second-order valence-corrected chi connectivity index (χ2v) is 5.05. The van der Waals surface area contributed by atoms with Gasteiger partial charge in [0.2, 0.25) is 0 Å². The molecule has 2 atom stereocenters. The highest BCUT2D eigenvalue weighted by Crippen LogP contribution is 2.06. The fraction of sp³-hybridized carbons (Fsp3) is 0.600. The number of likely N-dealkylation sites (N-methyl/N-ethyl adjacent to an activating group) is 1. The van der Waals surface area contributed by atoms with Crippen molar-refractivity contribution in [1.29, 1.82) is 0 Å². The summed E-state index contributed by atoms with van der Waals surface area (Å²) in [6.07, 6.45) is 1.43. The van der Waals surface area contributed by atoms with E-state index in [2.05, 4.69) is 11.8 Å². The fourth-order valence-corrected chi connectivity index (χ4v) is 1.97. The predicted octanol–water partition coefficient (Wildman–Crippen LogP) is 1.79. The Kier molecular flexibility index (Phi) is 6.99. The number of aryl methyl sites for hydroxylation is 1. The van der Waals surface area contributed by atoms with Crippen molar-refractivity contribution in [3.8, 4) is 0 Å². The van der Waals surface area contributed by atoms with Crippen molar-refractivity contribution < 1.29 is 9.50 Å². The Bertz CT molecular complexity index is 354. The quantitative estimate of drug-likeness (QED) is 0.755. The minimum atomic E-state index is -0.481. The third-order valence-corrected chi connectivity index (χ3v) is 3.35. The van der Waals surface area contributed by atoms with E-state index in [0.29, 0.717) is 6.54 Å². The van der Waals surface area contributed by atoms with E-state index in [9.17, 15) is 9.50 Å². The number of benzene rings is 1. The molecule has 1 rings (SSSR count). The first-order chi connectivity index (χ1) is 9.02. The zero-order valence-corrected chi connectivity index (χ0v) is 11.8. The second kappa shape index (κ2) is 8.25. The summed E-state index contributed by atoms with van der Waals surface area (Å²) in [7, 11) is 0. The summed E-state index contributed by atoms with van der Waals surface area (Å²) in [5.41, 5.74) is 6.80. The monoisotopic (exact) mass is 268 g/mol. The minimum absolute atomic E-state index is 0.195. The molecule has 108 valence electrons. The molecule has 0 aliphatic carbocycles. The molecule has 0 unspecified atom stereocenters. The van der Waals surface area contributed by atoms with Crippen LogP contribution in [-0.2, 0) is 6.42 Å². The summed E-state index contributed by atoms with van der Waals surface area (Å²) in [5.74, 6) is -0.195. The largest absolute Gasteiger partial charge is 0.390 e. The Morgan fingerprint density at radius 3 is 2.47 bits per heavy atom. The topological polar surface area (TPSA) is 49.5 Å². The number of hydrogen-bond donors (Lipinski definition) is 2. The molecule has 19 heavy (non-hydrogen) atoms. The van der Waals surface area contributed by atoms with Crippen molar-refractivity contribution >= 4 is 0 Å². The van der Waals surface area contributed by atoms with E-state index in [0.717, 1.165) is 31.5 Å². The smallest absolute Gasteiger partial charge is 0.123 e. The lowest BCUT2D eigenvalue weighted by Gasteiger charge is -2.25. The van der Waals surface area contributed by atoms with Crippen molar-refractivity contribution in [2.75, 3.05) is 19.6 Å². The summed E-state index contributed by atoms with van der Waals surface area (Å²) in [6, 6.07) is 6.43. The van der Waals surface area contributed by atoms with Gasteiger partial charge in [0.05, 0.1) is 6.10 Å². The van der Waals surface area contributed by atoms with Gasteiger partial charge in [-0.3, -0.25) is 0 Å². The molecule has 0 heterocycles. The van der Waals surface area contributed by atoms with E-state index < -0.39 is 6.10 Å². The zero-order chi connectivity index (χ0) is 14.3. The fourth-order valence-electron chi connectivity index (χ4n) is 1.97. The maximum atomic E-state index is 12.8. The SMILES string of the molecule is CCN(CCCc1ccc(F)cc1)C[C@H](O)[C@@H](C)N. The van der Waals surface area contributed by atoms with Crippen LogP contribution in [-0.4, -0.2) is 41.8 Å². The lowest BCUT2D eigenvalue weighted by atomic mass is 10.1. The van der Waals surface area contributed by atoms with Crippen molar-refractivity contribution in [1.82, 2.24) is 4.90 Å². The molecule has 0 saturated heterocycles. The molecule has 0 amide bonds. The summed E-state index contributed by atoms with van der Waals surface area (Å²) >= 11 is 0. The summed E-state index contributed by atoms with van der Waals surface area (Å²) in [6.45, 7) is 6.31. The van der Waals surface area contributed by atoms with E-state index >= 15 is 0 Å². The summed E-state index contributed by atoms with van der Waals surface area (Å²) in [4.78, 5) is 2.19. The lowest BCUT2D eigenvalue weighted by molar-refractivity contribution is 0.0974. The molecular formula is C15H25FN2O. The van der Waals surface area contributed by atoms with Crippen LogP contribution in [0.15, 0.2) is 24.3 Å². The molecule has 0 fully saturated rings. The third kappa shape index (κ3) is 6.14. The summed E-state index contributed by atoms with van der Waals surface area (Å²) in [5, 5.41) is 9.77. The van der Waals surface area contributed by atoms with Crippen LogP contribution in [0, 0.1) is 5.82 Å². The van der Waals surface area contributed by atoms with Crippen LogP contribution in [0.2, 0.25) is 0 Å². The molecule has 0 saturated carbocycles. The Morgan fingerprint density at radius 1 is 1.32 bits per heavy atom. The maximum absolute atomic E-state index is 12.8. The average Bonchev–Trinajstić information content (AvgIpc) is 2.39. The van der Waals surface area contributed by atoms with Crippen LogP contribution in [0.5, 0.6) is 0 Å². The maximum Gasteiger partial charge on any atom is 0.123 e. The predicted molar refractivity (Wildman–Crippen MR) is 76.5 cm³/mol. The van der Waals surface area contributed by atoms with Gasteiger partial charge in [-0.2, -0.15) is 0 Å². The number of halogens is 1. The van der Waals surface area contributed by atoms with Gasteiger partial charge in [-0.25, -0.2) is 4.39 Å². The molecule has 0 radical (unpaired) electrons. The summed E-state index contributed by atoms with van der Waals surface area (Å²) < 4.78 is 12.8. The van der Waals surface area contributed by atoms with Gasteiger partial charge in [0.1, 0.15) is 5.82 Å². The van der Waals surface area contributed by atoms with Crippen LogP contribution in [0.25, 0.3) is 0 Å². The highest BCUT2D eigenvalue weighted by Gasteiger charge is 2.13. The van der Waals surface area contributed by atoms with Gasteiger partial charge in [-0.15, -0.1) is 0 Å². The number of aliphatic hydroxyl groups excluding tert-OH is 1. The Labute approximate surface area is 115 Å². The van der Waals surface area contributed by atoms with E-state index in [1.165, 1.54) is 12.1 Å². The standard InChI is InChI=1S/C15H25FN2O/c1-3-18(11-15(19)12(2)17)10-4-5-13-6-8-14(16)9-7-13/h6-9,12,15,19H,3-5,10-11,17H2,1-2H3/t12-,15+/m1/s1. The first-order valence-corrected chi connectivity index (χ1v) is 6.93. The average molecular weight is 268 g/mol. The van der Waals surface area contributed by atoms with Crippen molar-refractivity contribution in [2.45, 2.75) is 38.8 Å².